The predicted molar refractivity (Wildman–Crippen MR) is 220 cm³/mol. The van der Waals surface area contributed by atoms with Crippen LogP contribution in [0.2, 0.25) is 15.1 Å². The summed E-state index contributed by atoms with van der Waals surface area (Å²) in [5.41, 5.74) is 0.973. The average Bonchev–Trinajstić information content (AvgIpc) is 3.10. The van der Waals surface area contributed by atoms with Crippen LogP contribution in [0, 0.1) is 47.0 Å². The molecule has 13 heteroatoms. The van der Waals surface area contributed by atoms with Gasteiger partial charge in [0.05, 0.1) is 21.7 Å². The van der Waals surface area contributed by atoms with Gasteiger partial charge in [-0.3, -0.25) is 24.0 Å². The highest BCUT2D eigenvalue weighted by atomic mass is 35.5. The lowest BCUT2D eigenvalue weighted by Crippen LogP contribution is -2.19. The molecule has 2 atom stereocenters. The van der Waals surface area contributed by atoms with Crippen molar-refractivity contribution in [3.63, 3.8) is 0 Å². The lowest BCUT2D eigenvalue weighted by atomic mass is 9.86. The number of ether oxygens (including phenoxy) is 1. The second-order valence-electron chi connectivity index (χ2n) is 14.9. The van der Waals surface area contributed by atoms with Crippen molar-refractivity contribution in [1.82, 2.24) is 0 Å². The van der Waals surface area contributed by atoms with Gasteiger partial charge in [-0.15, -0.1) is 0 Å². The van der Waals surface area contributed by atoms with Crippen LogP contribution < -0.4 is 0 Å². The van der Waals surface area contributed by atoms with Gasteiger partial charge in [0.2, 0.25) is 0 Å². The van der Waals surface area contributed by atoms with E-state index in [1.165, 1.54) is 42.5 Å². The molecular weight excluding hydrogens is 804 g/mol. The highest BCUT2D eigenvalue weighted by Crippen LogP contribution is 2.28. The minimum absolute atomic E-state index is 0.0197. The molecule has 0 saturated heterocycles. The van der Waals surface area contributed by atoms with E-state index in [-0.39, 0.29) is 75.0 Å². The van der Waals surface area contributed by atoms with E-state index >= 15 is 0 Å². The Hall–Kier alpha value is -3.73. The molecule has 0 bridgehead atoms. The van der Waals surface area contributed by atoms with Crippen LogP contribution in [0.3, 0.4) is 0 Å². The van der Waals surface area contributed by atoms with Crippen molar-refractivity contribution in [2.45, 2.75) is 99.8 Å². The Labute approximate surface area is 349 Å². The smallest absolute Gasteiger partial charge is 0.305 e. The van der Waals surface area contributed by atoms with Gasteiger partial charge in [0.25, 0.3) is 0 Å². The van der Waals surface area contributed by atoms with Gasteiger partial charge in [-0.1, -0.05) is 76.3 Å². The molecule has 0 amide bonds. The number of halogens is 6. The van der Waals surface area contributed by atoms with E-state index in [0.717, 1.165) is 18.6 Å². The van der Waals surface area contributed by atoms with E-state index in [0.29, 0.717) is 55.3 Å². The second-order valence-corrected chi connectivity index (χ2v) is 16.1. The highest BCUT2D eigenvalue weighted by molar-refractivity contribution is 6.34. The molecule has 0 aliphatic heterocycles. The van der Waals surface area contributed by atoms with E-state index in [9.17, 15) is 37.1 Å². The van der Waals surface area contributed by atoms with Crippen LogP contribution in [-0.2, 0) is 14.3 Å². The zero-order valence-corrected chi connectivity index (χ0v) is 35.9. The number of benzene rings is 3. The third-order valence-electron chi connectivity index (χ3n) is 8.54. The molecule has 0 saturated carbocycles. The summed E-state index contributed by atoms with van der Waals surface area (Å²) in [4.78, 5) is 58.9. The number of carbonyl (C=O) groups is 5. The van der Waals surface area contributed by atoms with Crippen molar-refractivity contribution < 1.29 is 47.0 Å². The summed E-state index contributed by atoms with van der Waals surface area (Å²) in [5, 5.41) is 9.13. The van der Waals surface area contributed by atoms with E-state index in [1.807, 2.05) is 27.7 Å². The lowest BCUT2D eigenvalue weighted by molar-refractivity contribution is -0.143. The van der Waals surface area contributed by atoms with Gasteiger partial charge in [-0.25, -0.2) is 13.2 Å². The van der Waals surface area contributed by atoms with E-state index in [2.05, 4.69) is 13.8 Å². The number of esters is 1. The molecule has 314 valence electrons. The summed E-state index contributed by atoms with van der Waals surface area (Å²) in [6.07, 6.45) is 3.31. The van der Waals surface area contributed by atoms with Crippen molar-refractivity contribution >= 4 is 64.1 Å². The maximum Gasteiger partial charge on any atom is 0.305 e. The fraction of sp³-hybridized carbons (Fsp3) is 0.477. The minimum atomic E-state index is -0.934. The first-order valence-corrected chi connectivity index (χ1v) is 20.1. The Bertz CT molecular complexity index is 1800. The highest BCUT2D eigenvalue weighted by Gasteiger charge is 2.25. The zero-order valence-electron chi connectivity index (χ0n) is 33.6. The molecule has 0 aromatic heterocycles. The van der Waals surface area contributed by atoms with Crippen LogP contribution in [0.1, 0.15) is 131 Å². The summed E-state index contributed by atoms with van der Waals surface area (Å²) in [6.45, 7) is 14.1. The Morgan fingerprint density at radius 3 is 1.30 bits per heavy atom. The molecule has 0 aliphatic rings. The summed E-state index contributed by atoms with van der Waals surface area (Å²) < 4.78 is 43.7. The molecule has 57 heavy (non-hydrogen) atoms. The summed E-state index contributed by atoms with van der Waals surface area (Å²) in [6, 6.07) is 11.3. The van der Waals surface area contributed by atoms with Crippen LogP contribution in [-0.4, -0.2) is 41.0 Å². The molecule has 7 nitrogen and oxygen atoms in total. The van der Waals surface area contributed by atoms with Crippen LogP contribution in [0.15, 0.2) is 54.6 Å². The van der Waals surface area contributed by atoms with E-state index in [1.54, 1.807) is 6.92 Å². The first kappa shape index (κ1) is 51.3. The van der Waals surface area contributed by atoms with Crippen molar-refractivity contribution in [2.24, 2.45) is 29.6 Å². The molecule has 2 unspecified atom stereocenters. The number of aliphatic carboxylic acids is 1. The molecule has 1 N–H and O–H groups in total. The summed E-state index contributed by atoms with van der Waals surface area (Å²) >= 11 is 17.6. The number of hydrogen-bond acceptors (Lipinski definition) is 6. The largest absolute Gasteiger partial charge is 0.481 e. The number of ketones is 3. The molecule has 0 spiro atoms. The third kappa shape index (κ3) is 20.0. The van der Waals surface area contributed by atoms with Crippen LogP contribution in [0.5, 0.6) is 0 Å². The Morgan fingerprint density at radius 1 is 0.579 bits per heavy atom. The predicted octanol–water partition coefficient (Wildman–Crippen LogP) is 13.0. The summed E-state index contributed by atoms with van der Waals surface area (Å²) in [7, 11) is 0. The monoisotopic (exact) mass is 856 g/mol. The van der Waals surface area contributed by atoms with Gasteiger partial charge in [-0.05, 0) is 111 Å². The lowest BCUT2D eigenvalue weighted by Gasteiger charge is -2.18. The van der Waals surface area contributed by atoms with Gasteiger partial charge in [-0.2, -0.15) is 0 Å². The first-order valence-electron chi connectivity index (χ1n) is 19.0. The van der Waals surface area contributed by atoms with Gasteiger partial charge >= 0.3 is 11.9 Å². The Balaban J connectivity index is 0.000000435. The molecule has 3 aromatic rings. The fourth-order valence-corrected chi connectivity index (χ4v) is 6.55. The number of carboxylic acid groups (broad SMARTS) is 1. The van der Waals surface area contributed by atoms with Gasteiger partial charge < -0.3 is 9.84 Å². The maximum atomic E-state index is 13.1. The Morgan fingerprint density at radius 2 is 0.965 bits per heavy atom. The number of carbonyl (C=O) groups excluding carboxylic acids is 4. The number of hydrogen-bond donors (Lipinski definition) is 1. The second kappa shape index (κ2) is 26.3. The molecule has 0 radical (unpaired) electrons. The molecule has 3 rings (SSSR count). The van der Waals surface area contributed by atoms with Crippen molar-refractivity contribution in [2.75, 3.05) is 6.61 Å². The van der Waals surface area contributed by atoms with Gasteiger partial charge in [0, 0.05) is 47.8 Å². The standard InChI is InChI=1S/C17H22ClFO3.C15H18ClFO3.C12H14ClFO/c1-4-22-16(20)8-5-12(9-11(2)3)17(21)14-7-6-13(19)10-15(14)18;1-9(2)7-10(3-6-14(18)19)15(20)12-5-4-11(17)8-13(12)16;1-8(2)3-6-12(15)10-5-4-9(14)7-11(10)13/h6-7,10-12H,4-5,8-9H2,1-3H3;4-5,8-10H,3,6-7H2,1-2H3,(H,18,19);4-5,7-8H,3,6H2,1-2H3. The summed E-state index contributed by atoms with van der Waals surface area (Å²) in [5.74, 6) is -2.72. The van der Waals surface area contributed by atoms with Crippen LogP contribution >= 0.6 is 34.8 Å². The van der Waals surface area contributed by atoms with Crippen molar-refractivity contribution in [1.29, 1.82) is 0 Å². The maximum absolute atomic E-state index is 13.1. The first-order chi connectivity index (χ1) is 26.7. The number of Topliss-reactive ketones (excluding diaryl/α,β-unsaturated/α-hetero) is 3. The third-order valence-corrected chi connectivity index (χ3v) is 9.47. The SMILES string of the molecule is CC(C)CC(CCC(=O)O)C(=O)c1ccc(F)cc1Cl.CC(C)CCC(=O)c1ccc(F)cc1Cl.CCOC(=O)CCC(CC(C)C)C(=O)c1ccc(F)cc1Cl. The van der Waals surface area contributed by atoms with E-state index < -0.39 is 29.3 Å². The van der Waals surface area contributed by atoms with Crippen molar-refractivity contribution in [3.05, 3.63) is 104 Å². The molecule has 0 heterocycles. The number of rotatable bonds is 19. The topological polar surface area (TPSA) is 115 Å². The van der Waals surface area contributed by atoms with Crippen molar-refractivity contribution in [3.8, 4) is 0 Å². The molecule has 3 aromatic carbocycles. The molecule has 0 fully saturated rings. The fourth-order valence-electron chi connectivity index (χ4n) is 5.76. The quantitative estimate of drug-likeness (QED) is 0.0943. The number of carboxylic acids is 1. The molecule has 0 aliphatic carbocycles. The average molecular weight is 858 g/mol. The molecular formula is C44H54Cl3F3O7. The normalized spacial score (nSPS) is 11.9. The van der Waals surface area contributed by atoms with Crippen LogP contribution in [0.4, 0.5) is 13.2 Å². The van der Waals surface area contributed by atoms with Gasteiger partial charge in [0.15, 0.2) is 17.3 Å². The Kier molecular flexibility index (Phi) is 23.7. The zero-order chi connectivity index (χ0) is 43.4. The van der Waals surface area contributed by atoms with Gasteiger partial charge in [0.1, 0.15) is 17.5 Å². The van der Waals surface area contributed by atoms with Crippen LogP contribution in [0.25, 0.3) is 0 Å². The minimum Gasteiger partial charge on any atom is -0.481 e. The van der Waals surface area contributed by atoms with E-state index in [4.69, 9.17) is 44.6 Å².